The van der Waals surface area contributed by atoms with Crippen molar-refractivity contribution < 1.29 is 14.7 Å². The van der Waals surface area contributed by atoms with Crippen molar-refractivity contribution in [3.63, 3.8) is 0 Å². The lowest BCUT2D eigenvalue weighted by Crippen LogP contribution is -2.40. The molecule has 0 unspecified atom stereocenters. The number of carboxylic acids is 1. The van der Waals surface area contributed by atoms with E-state index in [4.69, 9.17) is 16.7 Å². The number of rotatable bonds is 7. The lowest BCUT2D eigenvalue weighted by molar-refractivity contribution is -0.138. The highest BCUT2D eigenvalue weighted by Gasteiger charge is 2.19. The average Bonchev–Trinajstić information content (AvgIpc) is 2.35. The Morgan fingerprint density at radius 3 is 2.60 bits per heavy atom. The van der Waals surface area contributed by atoms with Crippen LogP contribution in [0.4, 0.5) is 0 Å². The molecule has 2 N–H and O–H groups in total. The van der Waals surface area contributed by atoms with Crippen LogP contribution < -0.4 is 5.32 Å². The van der Waals surface area contributed by atoms with Gasteiger partial charge in [-0.2, -0.15) is 0 Å². The van der Waals surface area contributed by atoms with E-state index in [1.807, 2.05) is 32.0 Å². The first-order valence-electron chi connectivity index (χ1n) is 6.64. The first-order chi connectivity index (χ1) is 9.38. The molecule has 20 heavy (non-hydrogen) atoms. The number of carbonyl (C=O) groups excluding carboxylic acids is 1. The molecule has 0 aromatic heterocycles. The molecule has 1 rings (SSSR count). The van der Waals surface area contributed by atoms with E-state index in [1.54, 1.807) is 6.07 Å². The molecular formula is C15H20ClNO3. The first kappa shape index (κ1) is 16.5. The molecular weight excluding hydrogens is 278 g/mol. The first-order valence-corrected chi connectivity index (χ1v) is 7.02. The van der Waals surface area contributed by atoms with E-state index in [0.29, 0.717) is 17.9 Å². The summed E-state index contributed by atoms with van der Waals surface area (Å²) in [6.07, 6.45) is 0.855. The molecule has 0 fully saturated rings. The van der Waals surface area contributed by atoms with Gasteiger partial charge in [0.05, 0.1) is 6.42 Å². The van der Waals surface area contributed by atoms with Gasteiger partial charge in [-0.15, -0.1) is 0 Å². The van der Waals surface area contributed by atoms with Gasteiger partial charge >= 0.3 is 5.97 Å². The largest absolute Gasteiger partial charge is 0.481 e. The molecule has 5 heteroatoms. The van der Waals surface area contributed by atoms with Gasteiger partial charge in [0, 0.05) is 17.5 Å². The summed E-state index contributed by atoms with van der Waals surface area (Å²) in [6, 6.07) is 7.03. The van der Waals surface area contributed by atoms with Gasteiger partial charge in [0.25, 0.3) is 0 Å². The molecule has 0 saturated carbocycles. The van der Waals surface area contributed by atoms with Gasteiger partial charge in [0.2, 0.25) is 5.91 Å². The molecule has 0 bridgehead atoms. The lowest BCUT2D eigenvalue weighted by atomic mass is 10.0. The van der Waals surface area contributed by atoms with Crippen LogP contribution in [0.5, 0.6) is 0 Å². The molecule has 110 valence electrons. The fraction of sp³-hybridized carbons (Fsp3) is 0.467. The number of benzene rings is 1. The zero-order chi connectivity index (χ0) is 15.1. The Balaban J connectivity index is 2.47. The monoisotopic (exact) mass is 297 g/mol. The Morgan fingerprint density at radius 2 is 2.05 bits per heavy atom. The minimum absolute atomic E-state index is 0.0550. The summed E-state index contributed by atoms with van der Waals surface area (Å²) in [7, 11) is 0. The van der Waals surface area contributed by atoms with E-state index >= 15 is 0 Å². The molecule has 0 aliphatic heterocycles. The van der Waals surface area contributed by atoms with Crippen molar-refractivity contribution in [3.8, 4) is 0 Å². The topological polar surface area (TPSA) is 66.4 Å². The van der Waals surface area contributed by atoms with Crippen LogP contribution in [-0.4, -0.2) is 23.0 Å². The molecule has 0 spiro atoms. The van der Waals surface area contributed by atoms with Crippen LogP contribution in [0.25, 0.3) is 0 Å². The van der Waals surface area contributed by atoms with E-state index in [9.17, 15) is 9.59 Å². The predicted molar refractivity (Wildman–Crippen MR) is 78.8 cm³/mol. The van der Waals surface area contributed by atoms with Crippen molar-refractivity contribution >= 4 is 23.5 Å². The maximum Gasteiger partial charge on any atom is 0.305 e. The highest BCUT2D eigenvalue weighted by molar-refractivity contribution is 6.30. The summed E-state index contributed by atoms with van der Waals surface area (Å²) < 4.78 is 0. The second-order valence-corrected chi connectivity index (χ2v) is 5.58. The van der Waals surface area contributed by atoms with Crippen LogP contribution in [0.1, 0.15) is 32.3 Å². The van der Waals surface area contributed by atoms with Gasteiger partial charge in [-0.1, -0.05) is 37.6 Å². The van der Waals surface area contributed by atoms with Gasteiger partial charge < -0.3 is 10.4 Å². The number of amides is 1. The number of hydrogen-bond donors (Lipinski definition) is 2. The number of aryl methyl sites for hydroxylation is 1. The van der Waals surface area contributed by atoms with Crippen LogP contribution in [-0.2, 0) is 16.0 Å². The summed E-state index contributed by atoms with van der Waals surface area (Å²) in [6.45, 7) is 3.79. The molecule has 1 aromatic rings. The maximum absolute atomic E-state index is 11.9. The second-order valence-electron chi connectivity index (χ2n) is 5.15. The van der Waals surface area contributed by atoms with E-state index < -0.39 is 5.97 Å². The molecule has 1 amide bonds. The number of hydrogen-bond acceptors (Lipinski definition) is 2. The quantitative estimate of drug-likeness (QED) is 0.813. The average molecular weight is 298 g/mol. The minimum atomic E-state index is -0.904. The standard InChI is InChI=1S/C15H20ClNO3/c1-10(2)13(9-15(19)20)17-14(18)7-6-11-4-3-5-12(16)8-11/h3-5,8,10,13H,6-7,9H2,1-2H3,(H,17,18)(H,19,20)/t13-/m1/s1. The summed E-state index contributed by atoms with van der Waals surface area (Å²) >= 11 is 5.88. The van der Waals surface area contributed by atoms with Gasteiger partial charge in [0.15, 0.2) is 0 Å². The number of carboxylic acid groups (broad SMARTS) is 1. The molecule has 1 aromatic carbocycles. The zero-order valence-electron chi connectivity index (χ0n) is 11.7. The highest BCUT2D eigenvalue weighted by atomic mass is 35.5. The van der Waals surface area contributed by atoms with Crippen molar-refractivity contribution in [1.29, 1.82) is 0 Å². The van der Waals surface area contributed by atoms with Gasteiger partial charge in [0.1, 0.15) is 0 Å². The van der Waals surface area contributed by atoms with Crippen LogP contribution in [0.2, 0.25) is 5.02 Å². The highest BCUT2D eigenvalue weighted by Crippen LogP contribution is 2.12. The lowest BCUT2D eigenvalue weighted by Gasteiger charge is -2.20. The van der Waals surface area contributed by atoms with E-state index in [-0.39, 0.29) is 24.3 Å². The van der Waals surface area contributed by atoms with Crippen molar-refractivity contribution in [2.45, 2.75) is 39.2 Å². The normalized spacial score (nSPS) is 12.2. The SMILES string of the molecule is CC(C)[C@@H](CC(=O)O)NC(=O)CCc1cccc(Cl)c1. The molecule has 0 saturated heterocycles. The molecule has 0 aliphatic rings. The predicted octanol–water partition coefficient (Wildman–Crippen LogP) is 2.89. The number of halogens is 1. The fourth-order valence-corrected chi connectivity index (χ4v) is 2.08. The van der Waals surface area contributed by atoms with Gasteiger partial charge in [-0.3, -0.25) is 9.59 Å². The van der Waals surface area contributed by atoms with Crippen molar-refractivity contribution in [3.05, 3.63) is 34.9 Å². The third-order valence-corrected chi connectivity index (χ3v) is 3.31. The molecule has 1 atom stereocenters. The van der Waals surface area contributed by atoms with Crippen LogP contribution >= 0.6 is 11.6 Å². The third kappa shape index (κ3) is 6.06. The van der Waals surface area contributed by atoms with E-state index in [0.717, 1.165) is 5.56 Å². The van der Waals surface area contributed by atoms with Crippen molar-refractivity contribution in [2.75, 3.05) is 0 Å². The number of nitrogens with one attached hydrogen (secondary N) is 1. The summed E-state index contributed by atoms with van der Waals surface area (Å²) in [5.41, 5.74) is 0.993. The zero-order valence-corrected chi connectivity index (χ0v) is 12.5. The summed E-state index contributed by atoms with van der Waals surface area (Å²) in [5.74, 6) is -0.954. The Morgan fingerprint density at radius 1 is 1.35 bits per heavy atom. The second kappa shape index (κ2) is 7.90. The number of aliphatic carboxylic acids is 1. The van der Waals surface area contributed by atoms with Crippen LogP contribution in [0.3, 0.4) is 0 Å². The van der Waals surface area contributed by atoms with Gasteiger partial charge in [-0.05, 0) is 30.0 Å². The molecule has 0 heterocycles. The van der Waals surface area contributed by atoms with Crippen molar-refractivity contribution in [2.24, 2.45) is 5.92 Å². The molecule has 0 aliphatic carbocycles. The molecule has 4 nitrogen and oxygen atoms in total. The third-order valence-electron chi connectivity index (χ3n) is 3.08. The Bertz CT molecular complexity index is 474. The Kier molecular flexibility index (Phi) is 6.52. The maximum atomic E-state index is 11.9. The van der Waals surface area contributed by atoms with E-state index in [2.05, 4.69) is 5.32 Å². The van der Waals surface area contributed by atoms with Crippen LogP contribution in [0.15, 0.2) is 24.3 Å². The van der Waals surface area contributed by atoms with Crippen LogP contribution in [0, 0.1) is 5.92 Å². The number of carbonyl (C=O) groups is 2. The summed E-state index contributed by atoms with van der Waals surface area (Å²) in [5, 5.41) is 12.2. The van der Waals surface area contributed by atoms with Gasteiger partial charge in [-0.25, -0.2) is 0 Å². The Hall–Kier alpha value is -1.55. The van der Waals surface area contributed by atoms with E-state index in [1.165, 1.54) is 0 Å². The minimum Gasteiger partial charge on any atom is -0.481 e. The molecule has 0 radical (unpaired) electrons. The Labute approximate surface area is 124 Å². The van der Waals surface area contributed by atoms with Crippen molar-refractivity contribution in [1.82, 2.24) is 5.32 Å². The smallest absolute Gasteiger partial charge is 0.305 e. The fourth-order valence-electron chi connectivity index (χ4n) is 1.87. The summed E-state index contributed by atoms with van der Waals surface area (Å²) in [4.78, 5) is 22.6.